The first-order valence-corrected chi connectivity index (χ1v) is 11.0. The second-order valence-electron chi connectivity index (χ2n) is 6.31. The number of anilines is 1. The van der Waals surface area contributed by atoms with Crippen LogP contribution in [-0.2, 0) is 5.75 Å². The van der Waals surface area contributed by atoms with Crippen LogP contribution in [0.5, 0.6) is 0 Å². The summed E-state index contributed by atoms with van der Waals surface area (Å²) in [7, 11) is 0. The van der Waals surface area contributed by atoms with Crippen molar-refractivity contribution < 1.29 is 9.59 Å². The molecule has 2 amide bonds. The maximum absolute atomic E-state index is 12.4. The summed E-state index contributed by atoms with van der Waals surface area (Å²) in [6, 6.07) is 19.1. The van der Waals surface area contributed by atoms with Crippen LogP contribution in [0.3, 0.4) is 0 Å². The molecular weight excluding hydrogens is 388 g/mol. The van der Waals surface area contributed by atoms with Gasteiger partial charge in [-0.05, 0) is 42.1 Å². The number of thiophene rings is 1. The standard InChI is InChI=1S/C22H22N2O2S2/c1-16-7-9-17(10-8-16)15-27-13-11-23-21(25)18-4-2-5-19(14-18)24-22(26)20-6-3-12-28-20/h2-10,12,14H,11,13,15H2,1H3,(H,23,25)(H,24,26). The summed E-state index contributed by atoms with van der Waals surface area (Å²) < 4.78 is 0. The van der Waals surface area contributed by atoms with Crippen molar-refractivity contribution in [2.75, 3.05) is 17.6 Å². The van der Waals surface area contributed by atoms with Gasteiger partial charge in [-0.2, -0.15) is 11.8 Å². The van der Waals surface area contributed by atoms with E-state index in [1.54, 1.807) is 42.1 Å². The van der Waals surface area contributed by atoms with Gasteiger partial charge < -0.3 is 10.6 Å². The Balaban J connectivity index is 1.44. The zero-order valence-corrected chi connectivity index (χ0v) is 17.2. The van der Waals surface area contributed by atoms with Crippen molar-refractivity contribution in [3.63, 3.8) is 0 Å². The van der Waals surface area contributed by atoms with Gasteiger partial charge in [0.2, 0.25) is 0 Å². The van der Waals surface area contributed by atoms with E-state index in [-0.39, 0.29) is 11.8 Å². The van der Waals surface area contributed by atoms with E-state index < -0.39 is 0 Å². The normalized spacial score (nSPS) is 10.5. The number of rotatable bonds is 8. The van der Waals surface area contributed by atoms with E-state index in [2.05, 4.69) is 41.8 Å². The Morgan fingerprint density at radius 3 is 2.57 bits per heavy atom. The van der Waals surface area contributed by atoms with Gasteiger partial charge in [-0.1, -0.05) is 42.0 Å². The summed E-state index contributed by atoms with van der Waals surface area (Å²) in [6.07, 6.45) is 0. The van der Waals surface area contributed by atoms with Crippen molar-refractivity contribution in [2.45, 2.75) is 12.7 Å². The van der Waals surface area contributed by atoms with Crippen LogP contribution in [0.4, 0.5) is 5.69 Å². The summed E-state index contributed by atoms with van der Waals surface area (Å²) in [5.74, 6) is 1.47. The SMILES string of the molecule is Cc1ccc(CSCCNC(=O)c2cccc(NC(=O)c3cccs3)c2)cc1. The van der Waals surface area contributed by atoms with Gasteiger partial charge in [0, 0.05) is 29.3 Å². The molecule has 2 aromatic carbocycles. The highest BCUT2D eigenvalue weighted by atomic mass is 32.2. The topological polar surface area (TPSA) is 58.2 Å². The third-order valence-corrected chi connectivity index (χ3v) is 5.95. The number of hydrogen-bond acceptors (Lipinski definition) is 4. The van der Waals surface area contributed by atoms with Gasteiger partial charge in [0.1, 0.15) is 0 Å². The molecule has 6 heteroatoms. The lowest BCUT2D eigenvalue weighted by molar-refractivity contribution is 0.0954. The zero-order chi connectivity index (χ0) is 19.8. The second kappa shape index (κ2) is 10.1. The molecule has 1 aromatic heterocycles. The Bertz CT molecular complexity index is 922. The van der Waals surface area contributed by atoms with Crippen LogP contribution >= 0.6 is 23.1 Å². The summed E-state index contributed by atoms with van der Waals surface area (Å²) in [4.78, 5) is 25.1. The summed E-state index contributed by atoms with van der Waals surface area (Å²) in [5, 5.41) is 7.61. The molecule has 0 aliphatic heterocycles. The molecule has 0 aliphatic rings. The van der Waals surface area contributed by atoms with Crippen molar-refractivity contribution in [2.24, 2.45) is 0 Å². The smallest absolute Gasteiger partial charge is 0.265 e. The van der Waals surface area contributed by atoms with Crippen LogP contribution in [-0.4, -0.2) is 24.1 Å². The van der Waals surface area contributed by atoms with Crippen molar-refractivity contribution in [3.05, 3.63) is 87.6 Å². The molecule has 4 nitrogen and oxygen atoms in total. The Kier molecular flexibility index (Phi) is 7.28. The van der Waals surface area contributed by atoms with Crippen LogP contribution in [0.25, 0.3) is 0 Å². The molecule has 0 saturated heterocycles. The number of benzene rings is 2. The fraction of sp³-hybridized carbons (Fsp3) is 0.182. The van der Waals surface area contributed by atoms with Crippen molar-refractivity contribution >= 4 is 40.6 Å². The van der Waals surface area contributed by atoms with E-state index in [1.165, 1.54) is 22.5 Å². The van der Waals surface area contributed by atoms with Gasteiger partial charge in [0.15, 0.2) is 0 Å². The van der Waals surface area contributed by atoms with Crippen LogP contribution in [0, 0.1) is 6.92 Å². The predicted octanol–water partition coefficient (Wildman–Crippen LogP) is 4.97. The van der Waals surface area contributed by atoms with E-state index in [1.807, 2.05) is 11.4 Å². The third-order valence-electron chi connectivity index (χ3n) is 4.05. The molecule has 0 bridgehead atoms. The summed E-state index contributed by atoms with van der Waals surface area (Å²) in [6.45, 7) is 2.68. The minimum Gasteiger partial charge on any atom is -0.351 e. The summed E-state index contributed by atoms with van der Waals surface area (Å²) in [5.41, 5.74) is 3.69. The van der Waals surface area contributed by atoms with Gasteiger partial charge in [0.05, 0.1) is 4.88 Å². The van der Waals surface area contributed by atoms with Crippen LogP contribution < -0.4 is 10.6 Å². The molecule has 3 rings (SSSR count). The van der Waals surface area contributed by atoms with Crippen LogP contribution in [0.2, 0.25) is 0 Å². The van der Waals surface area contributed by atoms with Gasteiger partial charge in [-0.25, -0.2) is 0 Å². The lowest BCUT2D eigenvalue weighted by atomic mass is 10.2. The predicted molar refractivity (Wildman–Crippen MR) is 118 cm³/mol. The zero-order valence-electron chi connectivity index (χ0n) is 15.6. The number of carbonyl (C=O) groups excluding carboxylic acids is 2. The first kappa shape index (κ1) is 20.2. The van der Waals surface area contributed by atoms with E-state index in [0.717, 1.165) is 11.5 Å². The molecule has 0 spiro atoms. The molecule has 0 fully saturated rings. The molecule has 0 atom stereocenters. The number of hydrogen-bond donors (Lipinski definition) is 2. The maximum Gasteiger partial charge on any atom is 0.265 e. The van der Waals surface area contributed by atoms with Gasteiger partial charge in [0.25, 0.3) is 11.8 Å². The second-order valence-corrected chi connectivity index (χ2v) is 8.36. The molecule has 0 unspecified atom stereocenters. The highest BCUT2D eigenvalue weighted by Crippen LogP contribution is 2.15. The average Bonchev–Trinajstić information content (AvgIpc) is 3.24. The largest absolute Gasteiger partial charge is 0.351 e. The number of carbonyl (C=O) groups is 2. The quantitative estimate of drug-likeness (QED) is 0.515. The molecule has 28 heavy (non-hydrogen) atoms. The summed E-state index contributed by atoms with van der Waals surface area (Å²) >= 11 is 3.17. The lowest BCUT2D eigenvalue weighted by Crippen LogP contribution is -2.25. The molecule has 0 aliphatic carbocycles. The van der Waals surface area contributed by atoms with Gasteiger partial charge in [-0.3, -0.25) is 9.59 Å². The molecule has 3 aromatic rings. The molecule has 2 N–H and O–H groups in total. The first-order chi connectivity index (χ1) is 13.6. The highest BCUT2D eigenvalue weighted by Gasteiger charge is 2.09. The van der Waals surface area contributed by atoms with Crippen molar-refractivity contribution in [3.8, 4) is 0 Å². The van der Waals surface area contributed by atoms with Crippen molar-refractivity contribution in [1.82, 2.24) is 5.32 Å². The molecule has 144 valence electrons. The number of thioether (sulfide) groups is 1. The number of amides is 2. The fourth-order valence-electron chi connectivity index (χ4n) is 2.55. The Morgan fingerprint density at radius 2 is 1.82 bits per heavy atom. The minimum atomic E-state index is -0.167. The maximum atomic E-state index is 12.4. The third kappa shape index (κ3) is 5.97. The van der Waals surface area contributed by atoms with E-state index >= 15 is 0 Å². The van der Waals surface area contributed by atoms with Crippen LogP contribution in [0.15, 0.2) is 66.0 Å². The van der Waals surface area contributed by atoms with E-state index in [9.17, 15) is 9.59 Å². The van der Waals surface area contributed by atoms with Gasteiger partial charge >= 0.3 is 0 Å². The number of aryl methyl sites for hydroxylation is 1. The van der Waals surface area contributed by atoms with E-state index in [4.69, 9.17) is 0 Å². The average molecular weight is 411 g/mol. The van der Waals surface area contributed by atoms with Crippen LogP contribution in [0.1, 0.15) is 31.2 Å². The van der Waals surface area contributed by atoms with Gasteiger partial charge in [-0.15, -0.1) is 11.3 Å². The fourth-order valence-corrected chi connectivity index (χ4v) is 3.99. The Labute approximate surface area is 173 Å². The molecule has 1 heterocycles. The van der Waals surface area contributed by atoms with Crippen molar-refractivity contribution in [1.29, 1.82) is 0 Å². The molecule has 0 radical (unpaired) electrons. The lowest BCUT2D eigenvalue weighted by Gasteiger charge is -2.08. The Hall–Kier alpha value is -2.57. The first-order valence-electron chi connectivity index (χ1n) is 8.98. The Morgan fingerprint density at radius 1 is 1.00 bits per heavy atom. The number of nitrogens with one attached hydrogen (secondary N) is 2. The molecular formula is C22H22N2O2S2. The molecule has 0 saturated carbocycles. The highest BCUT2D eigenvalue weighted by molar-refractivity contribution is 7.98. The minimum absolute atomic E-state index is 0.136. The monoisotopic (exact) mass is 410 g/mol. The van der Waals surface area contributed by atoms with E-state index in [0.29, 0.717) is 22.7 Å².